The molecule has 6 heteroatoms. The van der Waals surface area contributed by atoms with Crippen LogP contribution in [0.25, 0.3) is 20.7 Å². The standard InChI is InChI=1S/C22H29N5S/c1-15-6-8-16(9-7-15)18-14-17-19(28-18)20(27-12-10-26(5)11-13-27)24-21(23-17)25-22(2,3)4/h6-9,14H,10-13H2,1-5H3,(H,23,24,25). The Morgan fingerprint density at radius 3 is 2.32 bits per heavy atom. The Hall–Kier alpha value is -2.18. The third kappa shape index (κ3) is 4.13. The van der Waals surface area contributed by atoms with E-state index in [0.29, 0.717) is 5.95 Å². The first-order valence-corrected chi connectivity index (χ1v) is 10.7. The molecular formula is C22H29N5S. The van der Waals surface area contributed by atoms with Crippen LogP contribution in [0, 0.1) is 6.92 Å². The molecule has 28 heavy (non-hydrogen) atoms. The highest BCUT2D eigenvalue weighted by Crippen LogP contribution is 2.38. The zero-order valence-electron chi connectivity index (χ0n) is 17.4. The summed E-state index contributed by atoms with van der Waals surface area (Å²) in [6, 6.07) is 10.9. The van der Waals surface area contributed by atoms with E-state index >= 15 is 0 Å². The minimum Gasteiger partial charge on any atom is -0.353 e. The quantitative estimate of drug-likeness (QED) is 0.700. The van der Waals surface area contributed by atoms with E-state index in [1.165, 1.54) is 20.7 Å². The Morgan fingerprint density at radius 1 is 1.00 bits per heavy atom. The lowest BCUT2D eigenvalue weighted by Crippen LogP contribution is -2.45. The first-order chi connectivity index (χ1) is 13.3. The monoisotopic (exact) mass is 395 g/mol. The summed E-state index contributed by atoms with van der Waals surface area (Å²) >= 11 is 1.80. The van der Waals surface area contributed by atoms with Crippen molar-refractivity contribution in [3.05, 3.63) is 35.9 Å². The van der Waals surface area contributed by atoms with Gasteiger partial charge in [0.25, 0.3) is 0 Å². The third-order valence-corrected chi connectivity index (χ3v) is 6.15. The molecule has 3 aromatic rings. The maximum atomic E-state index is 4.95. The number of fused-ring (bicyclic) bond motifs is 1. The Kier molecular flexibility index (Phi) is 5.02. The van der Waals surface area contributed by atoms with Gasteiger partial charge in [-0.1, -0.05) is 29.8 Å². The van der Waals surface area contributed by atoms with Gasteiger partial charge in [-0.15, -0.1) is 11.3 Å². The van der Waals surface area contributed by atoms with Crippen LogP contribution in [0.5, 0.6) is 0 Å². The van der Waals surface area contributed by atoms with Crippen LogP contribution >= 0.6 is 11.3 Å². The second kappa shape index (κ2) is 7.33. The van der Waals surface area contributed by atoms with E-state index < -0.39 is 0 Å². The predicted octanol–water partition coefficient (Wildman–Crippen LogP) is 4.63. The molecule has 5 nitrogen and oxygen atoms in total. The van der Waals surface area contributed by atoms with Crippen molar-refractivity contribution in [2.75, 3.05) is 43.4 Å². The lowest BCUT2D eigenvalue weighted by molar-refractivity contribution is 0.312. The van der Waals surface area contributed by atoms with Crippen molar-refractivity contribution in [3.8, 4) is 10.4 Å². The Labute approximate surface area is 171 Å². The van der Waals surface area contributed by atoms with E-state index in [9.17, 15) is 0 Å². The van der Waals surface area contributed by atoms with Gasteiger partial charge < -0.3 is 15.1 Å². The number of nitrogens with zero attached hydrogens (tertiary/aromatic N) is 4. The minimum atomic E-state index is -0.0805. The molecule has 0 radical (unpaired) electrons. The molecule has 0 unspecified atom stereocenters. The van der Waals surface area contributed by atoms with Crippen molar-refractivity contribution < 1.29 is 0 Å². The topological polar surface area (TPSA) is 44.3 Å². The number of nitrogens with one attached hydrogen (secondary N) is 1. The molecule has 0 atom stereocenters. The summed E-state index contributed by atoms with van der Waals surface area (Å²) in [6.07, 6.45) is 0. The van der Waals surface area contributed by atoms with Gasteiger partial charge in [0.2, 0.25) is 5.95 Å². The number of piperazine rings is 1. The van der Waals surface area contributed by atoms with Crippen molar-refractivity contribution in [2.24, 2.45) is 0 Å². The summed E-state index contributed by atoms with van der Waals surface area (Å²) in [4.78, 5) is 15.8. The molecule has 0 amide bonds. The number of benzene rings is 1. The molecule has 1 aliphatic heterocycles. The third-order valence-electron chi connectivity index (χ3n) is 4.98. The number of rotatable bonds is 3. The SMILES string of the molecule is Cc1ccc(-c2cc3nc(NC(C)(C)C)nc(N4CCN(C)CC4)c3s2)cc1. The van der Waals surface area contributed by atoms with E-state index in [4.69, 9.17) is 9.97 Å². The van der Waals surface area contributed by atoms with Crippen LogP contribution in [0.2, 0.25) is 0 Å². The number of thiophene rings is 1. The highest BCUT2D eigenvalue weighted by atomic mass is 32.1. The Bertz CT molecular complexity index is 963. The molecule has 0 aliphatic carbocycles. The Balaban J connectivity index is 1.80. The molecule has 1 fully saturated rings. The van der Waals surface area contributed by atoms with E-state index in [1.54, 1.807) is 11.3 Å². The highest BCUT2D eigenvalue weighted by Gasteiger charge is 2.22. The van der Waals surface area contributed by atoms with Crippen molar-refractivity contribution in [1.29, 1.82) is 0 Å². The molecule has 2 aromatic heterocycles. The van der Waals surface area contributed by atoms with Crippen LogP contribution in [-0.2, 0) is 0 Å². The lowest BCUT2D eigenvalue weighted by atomic mass is 10.1. The highest BCUT2D eigenvalue weighted by molar-refractivity contribution is 7.22. The molecule has 148 valence electrons. The number of hydrogen-bond donors (Lipinski definition) is 1. The molecule has 3 heterocycles. The van der Waals surface area contributed by atoms with Gasteiger partial charge >= 0.3 is 0 Å². The largest absolute Gasteiger partial charge is 0.353 e. The van der Waals surface area contributed by atoms with Gasteiger partial charge in [-0.25, -0.2) is 4.98 Å². The fraction of sp³-hybridized carbons (Fsp3) is 0.455. The number of hydrogen-bond acceptors (Lipinski definition) is 6. The molecular weight excluding hydrogens is 366 g/mol. The van der Waals surface area contributed by atoms with Crippen LogP contribution in [0.1, 0.15) is 26.3 Å². The maximum Gasteiger partial charge on any atom is 0.225 e. The van der Waals surface area contributed by atoms with E-state index in [1.807, 2.05) is 0 Å². The maximum absolute atomic E-state index is 4.95. The molecule has 1 N–H and O–H groups in total. The minimum absolute atomic E-state index is 0.0805. The lowest BCUT2D eigenvalue weighted by Gasteiger charge is -2.33. The van der Waals surface area contributed by atoms with Crippen molar-refractivity contribution in [2.45, 2.75) is 33.2 Å². The fourth-order valence-corrected chi connectivity index (χ4v) is 4.52. The van der Waals surface area contributed by atoms with Crippen LogP contribution in [0.3, 0.4) is 0 Å². The summed E-state index contributed by atoms with van der Waals surface area (Å²) in [5.41, 5.74) is 3.46. The first-order valence-electron chi connectivity index (χ1n) is 9.89. The summed E-state index contributed by atoms with van der Waals surface area (Å²) in [7, 11) is 2.18. The van der Waals surface area contributed by atoms with E-state index in [0.717, 1.165) is 37.5 Å². The molecule has 4 rings (SSSR count). The van der Waals surface area contributed by atoms with Gasteiger partial charge in [-0.05, 0) is 46.4 Å². The summed E-state index contributed by atoms with van der Waals surface area (Å²) < 4.78 is 1.18. The average molecular weight is 396 g/mol. The van der Waals surface area contributed by atoms with Crippen molar-refractivity contribution in [3.63, 3.8) is 0 Å². The second-order valence-electron chi connectivity index (χ2n) is 8.73. The average Bonchev–Trinajstić information content (AvgIpc) is 3.05. The van der Waals surface area contributed by atoms with Gasteiger partial charge in [0, 0.05) is 36.6 Å². The molecule has 1 saturated heterocycles. The first kappa shape index (κ1) is 19.2. The van der Waals surface area contributed by atoms with Gasteiger partial charge in [-0.3, -0.25) is 0 Å². The number of anilines is 2. The van der Waals surface area contributed by atoms with E-state index in [-0.39, 0.29) is 5.54 Å². The van der Waals surface area contributed by atoms with Crippen LogP contribution < -0.4 is 10.2 Å². The van der Waals surface area contributed by atoms with Gasteiger partial charge in [0.05, 0.1) is 10.2 Å². The Morgan fingerprint density at radius 2 is 1.68 bits per heavy atom. The van der Waals surface area contributed by atoms with Crippen LogP contribution in [0.4, 0.5) is 11.8 Å². The number of aryl methyl sites for hydroxylation is 1. The summed E-state index contributed by atoms with van der Waals surface area (Å²) in [5, 5.41) is 3.46. The smallest absolute Gasteiger partial charge is 0.225 e. The zero-order chi connectivity index (χ0) is 19.9. The summed E-state index contributed by atoms with van der Waals surface area (Å²) in [6.45, 7) is 12.7. The normalized spacial score (nSPS) is 16.0. The predicted molar refractivity (Wildman–Crippen MR) is 121 cm³/mol. The van der Waals surface area contributed by atoms with Crippen molar-refractivity contribution in [1.82, 2.24) is 14.9 Å². The van der Waals surface area contributed by atoms with Gasteiger partial charge in [-0.2, -0.15) is 4.98 Å². The van der Waals surface area contributed by atoms with Crippen LogP contribution in [-0.4, -0.2) is 53.6 Å². The molecule has 1 aliphatic rings. The van der Waals surface area contributed by atoms with Gasteiger partial charge in [0.1, 0.15) is 0 Å². The molecule has 1 aromatic carbocycles. The molecule has 0 saturated carbocycles. The summed E-state index contributed by atoms with van der Waals surface area (Å²) in [5.74, 6) is 1.77. The van der Waals surface area contributed by atoms with Gasteiger partial charge in [0.15, 0.2) is 5.82 Å². The number of likely N-dealkylation sites (N-methyl/N-ethyl adjacent to an activating group) is 1. The number of aromatic nitrogens is 2. The van der Waals surface area contributed by atoms with Crippen LogP contribution in [0.15, 0.2) is 30.3 Å². The van der Waals surface area contributed by atoms with Crippen molar-refractivity contribution >= 4 is 33.3 Å². The molecule has 0 bridgehead atoms. The fourth-order valence-electron chi connectivity index (χ4n) is 3.40. The van der Waals surface area contributed by atoms with E-state index in [2.05, 4.69) is 80.2 Å². The zero-order valence-corrected chi connectivity index (χ0v) is 18.2. The molecule has 0 spiro atoms. The second-order valence-corrected chi connectivity index (χ2v) is 9.78.